The van der Waals surface area contributed by atoms with Crippen LogP contribution in [0, 0.1) is 6.92 Å². The third kappa shape index (κ3) is 3.52. The van der Waals surface area contributed by atoms with Gasteiger partial charge in [0.1, 0.15) is 0 Å². The fourth-order valence-corrected chi connectivity index (χ4v) is 1.63. The first-order valence-electron chi connectivity index (χ1n) is 5.62. The molecule has 1 aromatic carbocycles. The lowest BCUT2D eigenvalue weighted by Crippen LogP contribution is -2.28. The maximum atomic E-state index is 3.79. The van der Waals surface area contributed by atoms with Gasteiger partial charge >= 0.3 is 0 Å². The monoisotopic (exact) mass is 203 g/mol. The molecule has 1 aromatic rings. The molecular weight excluding hydrogens is 182 g/mol. The highest BCUT2D eigenvalue weighted by Crippen LogP contribution is 2.17. The van der Waals surface area contributed by atoms with E-state index in [0.717, 1.165) is 6.42 Å². The van der Waals surface area contributed by atoms with Crippen LogP contribution in [0.3, 0.4) is 0 Å². The van der Waals surface area contributed by atoms with E-state index >= 15 is 0 Å². The molecule has 0 aliphatic carbocycles. The Morgan fingerprint density at radius 2 is 1.93 bits per heavy atom. The van der Waals surface area contributed by atoms with Gasteiger partial charge in [-0.3, -0.25) is 0 Å². The van der Waals surface area contributed by atoms with Crippen LogP contribution in [0.15, 0.2) is 36.9 Å². The summed E-state index contributed by atoms with van der Waals surface area (Å²) in [5.41, 5.74) is 2.67. The van der Waals surface area contributed by atoms with E-state index in [1.54, 1.807) is 0 Å². The molecule has 2 atom stereocenters. The Morgan fingerprint density at radius 3 is 2.40 bits per heavy atom. The topological polar surface area (TPSA) is 12.0 Å². The number of hydrogen-bond acceptors (Lipinski definition) is 1. The third-order valence-electron chi connectivity index (χ3n) is 2.71. The van der Waals surface area contributed by atoms with Crippen LogP contribution < -0.4 is 5.32 Å². The van der Waals surface area contributed by atoms with E-state index in [1.807, 2.05) is 6.08 Å². The Hall–Kier alpha value is -1.08. The van der Waals surface area contributed by atoms with Gasteiger partial charge in [0.25, 0.3) is 0 Å². The minimum absolute atomic E-state index is 0.358. The second-order valence-corrected chi connectivity index (χ2v) is 4.06. The maximum absolute atomic E-state index is 3.79. The highest BCUT2D eigenvalue weighted by molar-refractivity contribution is 5.24. The lowest BCUT2D eigenvalue weighted by Gasteiger charge is -2.20. The molecule has 0 aliphatic heterocycles. The molecule has 0 aromatic heterocycles. The molecule has 1 nitrogen and oxygen atoms in total. The van der Waals surface area contributed by atoms with Crippen molar-refractivity contribution in [1.29, 1.82) is 0 Å². The van der Waals surface area contributed by atoms with Gasteiger partial charge in [-0.1, -0.05) is 42.8 Å². The van der Waals surface area contributed by atoms with Gasteiger partial charge < -0.3 is 5.32 Å². The lowest BCUT2D eigenvalue weighted by molar-refractivity contribution is 0.490. The minimum Gasteiger partial charge on any atom is -0.304 e. The van der Waals surface area contributed by atoms with Gasteiger partial charge in [-0.25, -0.2) is 0 Å². The van der Waals surface area contributed by atoms with Crippen LogP contribution in [-0.2, 0) is 0 Å². The average molecular weight is 203 g/mol. The van der Waals surface area contributed by atoms with Crippen LogP contribution in [0.1, 0.15) is 37.4 Å². The maximum Gasteiger partial charge on any atom is 0.0322 e. The van der Waals surface area contributed by atoms with Crippen LogP contribution in [0.25, 0.3) is 0 Å². The van der Waals surface area contributed by atoms with E-state index in [-0.39, 0.29) is 0 Å². The predicted molar refractivity (Wildman–Crippen MR) is 67.0 cm³/mol. The zero-order chi connectivity index (χ0) is 11.3. The number of benzene rings is 1. The van der Waals surface area contributed by atoms with Gasteiger partial charge in [0.15, 0.2) is 0 Å². The standard InChI is InChI=1S/C14H21N/c1-5-12(4)15-14(6-2)13-9-7-11(3)8-10-13/h5,7-10,12,14-15H,1,6H2,2-4H3. The van der Waals surface area contributed by atoms with Crippen molar-refractivity contribution in [3.63, 3.8) is 0 Å². The Labute approximate surface area is 93.2 Å². The summed E-state index contributed by atoms with van der Waals surface area (Å²) in [5, 5.41) is 3.53. The molecule has 0 radical (unpaired) electrons. The van der Waals surface area contributed by atoms with Gasteiger partial charge in [-0.15, -0.1) is 6.58 Å². The van der Waals surface area contributed by atoms with E-state index in [0.29, 0.717) is 12.1 Å². The number of nitrogens with one attached hydrogen (secondary N) is 1. The molecule has 2 unspecified atom stereocenters. The van der Waals surface area contributed by atoms with E-state index in [2.05, 4.69) is 56.9 Å². The highest BCUT2D eigenvalue weighted by atomic mass is 14.9. The van der Waals surface area contributed by atoms with E-state index < -0.39 is 0 Å². The van der Waals surface area contributed by atoms with Crippen molar-refractivity contribution < 1.29 is 0 Å². The molecule has 0 saturated heterocycles. The number of hydrogen-bond donors (Lipinski definition) is 1. The molecule has 0 amide bonds. The lowest BCUT2D eigenvalue weighted by atomic mass is 10.0. The van der Waals surface area contributed by atoms with Gasteiger partial charge in [0.2, 0.25) is 0 Å². The molecule has 1 rings (SSSR count). The molecular formula is C14H21N. The first-order valence-corrected chi connectivity index (χ1v) is 5.62. The Kier molecular flexibility index (Phi) is 4.57. The van der Waals surface area contributed by atoms with Gasteiger partial charge in [0, 0.05) is 12.1 Å². The normalized spacial score (nSPS) is 14.6. The molecule has 0 heterocycles. The predicted octanol–water partition coefficient (Wildman–Crippen LogP) is 3.61. The van der Waals surface area contributed by atoms with Crippen molar-refractivity contribution >= 4 is 0 Å². The van der Waals surface area contributed by atoms with Crippen LogP contribution >= 0.6 is 0 Å². The van der Waals surface area contributed by atoms with E-state index in [1.165, 1.54) is 11.1 Å². The Morgan fingerprint density at radius 1 is 1.33 bits per heavy atom. The van der Waals surface area contributed by atoms with E-state index in [9.17, 15) is 0 Å². The summed E-state index contributed by atoms with van der Waals surface area (Å²) in [5.74, 6) is 0. The molecule has 0 fully saturated rings. The fourth-order valence-electron chi connectivity index (χ4n) is 1.63. The summed E-state index contributed by atoms with van der Waals surface area (Å²) in [6.07, 6.45) is 3.04. The molecule has 15 heavy (non-hydrogen) atoms. The van der Waals surface area contributed by atoms with Crippen molar-refractivity contribution in [2.75, 3.05) is 0 Å². The average Bonchev–Trinajstić information content (AvgIpc) is 2.27. The summed E-state index contributed by atoms with van der Waals surface area (Å²) in [4.78, 5) is 0. The smallest absolute Gasteiger partial charge is 0.0322 e. The van der Waals surface area contributed by atoms with Crippen molar-refractivity contribution in [1.82, 2.24) is 5.32 Å². The SMILES string of the molecule is C=CC(C)NC(CC)c1ccc(C)cc1. The Balaban J connectivity index is 2.73. The number of rotatable bonds is 5. The summed E-state index contributed by atoms with van der Waals surface area (Å²) in [7, 11) is 0. The molecule has 0 saturated carbocycles. The van der Waals surface area contributed by atoms with Crippen LogP contribution in [-0.4, -0.2) is 6.04 Å². The summed E-state index contributed by atoms with van der Waals surface area (Å²) >= 11 is 0. The summed E-state index contributed by atoms with van der Waals surface area (Å²) < 4.78 is 0. The molecule has 0 bridgehead atoms. The third-order valence-corrected chi connectivity index (χ3v) is 2.71. The van der Waals surface area contributed by atoms with Crippen LogP contribution in [0.2, 0.25) is 0 Å². The van der Waals surface area contributed by atoms with Gasteiger partial charge in [-0.2, -0.15) is 0 Å². The summed E-state index contributed by atoms with van der Waals surface area (Å²) in [6.45, 7) is 10.2. The van der Waals surface area contributed by atoms with Crippen molar-refractivity contribution in [3.05, 3.63) is 48.0 Å². The van der Waals surface area contributed by atoms with Gasteiger partial charge in [0.05, 0.1) is 0 Å². The molecule has 0 spiro atoms. The van der Waals surface area contributed by atoms with Crippen LogP contribution in [0.5, 0.6) is 0 Å². The van der Waals surface area contributed by atoms with E-state index in [4.69, 9.17) is 0 Å². The second-order valence-electron chi connectivity index (χ2n) is 4.06. The largest absolute Gasteiger partial charge is 0.304 e. The van der Waals surface area contributed by atoms with Gasteiger partial charge in [-0.05, 0) is 25.8 Å². The molecule has 0 aliphatic rings. The second kappa shape index (κ2) is 5.72. The zero-order valence-corrected chi connectivity index (χ0v) is 9.96. The van der Waals surface area contributed by atoms with Crippen molar-refractivity contribution in [2.45, 2.75) is 39.3 Å². The number of aryl methyl sites for hydroxylation is 1. The highest BCUT2D eigenvalue weighted by Gasteiger charge is 2.09. The van der Waals surface area contributed by atoms with Crippen molar-refractivity contribution in [3.8, 4) is 0 Å². The first kappa shape index (κ1) is 12.0. The quantitative estimate of drug-likeness (QED) is 0.721. The molecule has 1 heteroatoms. The Bertz CT molecular complexity index is 300. The molecule has 82 valence electrons. The molecule has 1 N–H and O–H groups in total. The fraction of sp³-hybridized carbons (Fsp3) is 0.429. The van der Waals surface area contributed by atoms with Crippen LogP contribution in [0.4, 0.5) is 0 Å². The van der Waals surface area contributed by atoms with Crippen molar-refractivity contribution in [2.24, 2.45) is 0 Å². The first-order chi connectivity index (χ1) is 7.17. The zero-order valence-electron chi connectivity index (χ0n) is 9.96. The minimum atomic E-state index is 0.358. The summed E-state index contributed by atoms with van der Waals surface area (Å²) in [6, 6.07) is 9.52.